The zero-order chi connectivity index (χ0) is 25.4. The van der Waals surface area contributed by atoms with Gasteiger partial charge in [0.2, 0.25) is 0 Å². The van der Waals surface area contributed by atoms with Gasteiger partial charge in [0.05, 0.1) is 11.6 Å². The highest BCUT2D eigenvalue weighted by Gasteiger charge is 2.21. The molecule has 3 aliphatic rings. The van der Waals surface area contributed by atoms with E-state index in [2.05, 4.69) is 69.4 Å². The third-order valence-corrected chi connectivity index (χ3v) is 7.34. The van der Waals surface area contributed by atoms with Gasteiger partial charge in [-0.3, -0.25) is 4.99 Å². The van der Waals surface area contributed by atoms with Crippen LogP contribution < -0.4 is 15.0 Å². The van der Waals surface area contributed by atoms with Crippen LogP contribution in [0.3, 0.4) is 0 Å². The fourth-order valence-corrected chi connectivity index (χ4v) is 5.16. The van der Waals surface area contributed by atoms with Gasteiger partial charge in [-0.2, -0.15) is 9.97 Å². The Morgan fingerprint density at radius 2 is 1.78 bits per heavy atom. The van der Waals surface area contributed by atoms with Gasteiger partial charge < -0.3 is 19.9 Å². The van der Waals surface area contributed by atoms with Crippen LogP contribution in [0.2, 0.25) is 5.02 Å². The van der Waals surface area contributed by atoms with Gasteiger partial charge in [0.25, 0.3) is 0 Å². The number of aliphatic imine (C=N–C) groups is 1. The van der Waals surface area contributed by atoms with Crippen LogP contribution in [-0.2, 0) is 6.42 Å². The van der Waals surface area contributed by atoms with Crippen molar-refractivity contribution < 1.29 is 4.74 Å². The summed E-state index contributed by atoms with van der Waals surface area (Å²) in [6.45, 7) is 6.46. The Kier molecular flexibility index (Phi) is 6.40. The molecular weight excluding hydrogens is 484 g/mol. The smallest absolute Gasteiger partial charge is 0.325 e. The van der Waals surface area contributed by atoms with Crippen molar-refractivity contribution in [3.05, 3.63) is 81.9 Å². The number of halogens is 1. The molecule has 0 amide bonds. The topological polar surface area (TPSA) is 65.9 Å². The van der Waals surface area contributed by atoms with Crippen LogP contribution in [0.25, 0.3) is 11.6 Å². The summed E-state index contributed by atoms with van der Waals surface area (Å²) >= 11 is 6.74. The Morgan fingerprint density at radius 3 is 2.59 bits per heavy atom. The second-order valence-corrected chi connectivity index (χ2v) is 10.1. The van der Waals surface area contributed by atoms with E-state index >= 15 is 0 Å². The minimum absolute atomic E-state index is 0.255. The monoisotopic (exact) mass is 512 g/mol. The fraction of sp³-hybridized carbons (Fsp3) is 0.276. The average molecular weight is 513 g/mol. The number of anilines is 2. The van der Waals surface area contributed by atoms with E-state index in [0.29, 0.717) is 23.1 Å². The van der Waals surface area contributed by atoms with Crippen molar-refractivity contribution in [3.63, 3.8) is 0 Å². The highest BCUT2D eigenvalue weighted by atomic mass is 35.5. The lowest BCUT2D eigenvalue weighted by Crippen LogP contribution is -2.44. The lowest BCUT2D eigenvalue weighted by molar-refractivity contribution is 0.311. The van der Waals surface area contributed by atoms with Crippen molar-refractivity contribution in [2.45, 2.75) is 13.3 Å². The maximum absolute atomic E-state index is 6.74. The summed E-state index contributed by atoms with van der Waals surface area (Å²) in [4.78, 5) is 18.7. The maximum Gasteiger partial charge on any atom is 0.325 e. The van der Waals surface area contributed by atoms with Crippen molar-refractivity contribution in [2.75, 3.05) is 50.0 Å². The average Bonchev–Trinajstić information content (AvgIpc) is 3.53. The largest absolute Gasteiger partial charge is 0.423 e. The number of hydrogen-bond donors (Lipinski definition) is 1. The predicted octanol–water partition coefficient (Wildman–Crippen LogP) is 5.54. The molecule has 8 heteroatoms. The third kappa shape index (κ3) is 5.10. The summed E-state index contributed by atoms with van der Waals surface area (Å²) in [6, 6.07) is 16.5. The van der Waals surface area contributed by atoms with Crippen LogP contribution in [0, 0.1) is 0 Å². The van der Waals surface area contributed by atoms with Gasteiger partial charge in [-0.25, -0.2) is 0 Å². The molecule has 6 rings (SSSR count). The van der Waals surface area contributed by atoms with E-state index in [1.165, 1.54) is 22.3 Å². The first kappa shape index (κ1) is 23.7. The molecule has 1 saturated heterocycles. The molecule has 7 nitrogen and oxygen atoms in total. The van der Waals surface area contributed by atoms with Crippen molar-refractivity contribution in [1.82, 2.24) is 14.9 Å². The number of rotatable bonds is 5. The molecular formula is C29H29ClN6O. The molecule has 0 bridgehead atoms. The van der Waals surface area contributed by atoms with E-state index in [1.54, 1.807) is 0 Å². The van der Waals surface area contributed by atoms with E-state index in [4.69, 9.17) is 21.3 Å². The van der Waals surface area contributed by atoms with E-state index in [1.807, 2.05) is 30.3 Å². The van der Waals surface area contributed by atoms with E-state index in [9.17, 15) is 0 Å². The zero-order valence-electron chi connectivity index (χ0n) is 21.0. The maximum atomic E-state index is 6.74. The summed E-state index contributed by atoms with van der Waals surface area (Å²) < 4.78 is 6.20. The molecule has 3 aromatic rings. The molecule has 2 aliphatic heterocycles. The highest BCUT2D eigenvalue weighted by Crippen LogP contribution is 2.38. The Hall–Kier alpha value is -3.68. The number of nitrogens with one attached hydrogen (secondary N) is 1. The first-order chi connectivity index (χ1) is 18.0. The second kappa shape index (κ2) is 10.00. The number of ether oxygens (including phenoxy) is 1. The molecule has 0 radical (unpaired) electrons. The van der Waals surface area contributed by atoms with Crippen LogP contribution in [0.15, 0.2) is 65.2 Å². The summed E-state index contributed by atoms with van der Waals surface area (Å²) in [5.41, 5.74) is 5.85. The SMILES string of the molecule is CC1=Cc2c(ccc(Oc3nc(NC4=NCC(c5ccccc5)=C4)cc(N4CCN(C)CC4)n3)c2Cl)C1. The van der Waals surface area contributed by atoms with Gasteiger partial charge in [0.15, 0.2) is 0 Å². The third-order valence-electron chi connectivity index (χ3n) is 6.95. The van der Waals surface area contributed by atoms with Crippen molar-refractivity contribution in [1.29, 1.82) is 0 Å². The first-order valence-electron chi connectivity index (χ1n) is 12.6. The molecule has 1 aromatic heterocycles. The van der Waals surface area contributed by atoms with Gasteiger partial charge in [-0.15, -0.1) is 0 Å². The fourth-order valence-electron chi connectivity index (χ4n) is 4.88. The first-order valence-corrected chi connectivity index (χ1v) is 13.0. The lowest BCUT2D eigenvalue weighted by atomic mass is 10.1. The van der Waals surface area contributed by atoms with E-state index in [-0.39, 0.29) is 6.01 Å². The normalized spacial score (nSPS) is 17.3. The Labute approximate surface area is 222 Å². The standard InChI is InChI=1S/C29H29ClN6O/c1-19-14-21-8-9-24(28(30)23(21)15-19)37-29-33-26(17-27(34-29)36-12-10-35(2)11-13-36)32-25-16-22(18-31-25)20-6-4-3-5-7-20/h3-9,15-17H,10-14,18H2,1-2H3,(H,31,32,33,34). The number of hydrogen-bond acceptors (Lipinski definition) is 7. The number of fused-ring (bicyclic) bond motifs is 1. The van der Waals surface area contributed by atoms with Crippen LogP contribution in [-0.4, -0.2) is 60.5 Å². The van der Waals surface area contributed by atoms with Crippen molar-refractivity contribution in [3.8, 4) is 11.8 Å². The number of allylic oxidation sites excluding steroid dienone is 1. The molecule has 0 unspecified atom stereocenters. The van der Waals surface area contributed by atoms with Crippen LogP contribution in [0.1, 0.15) is 23.6 Å². The van der Waals surface area contributed by atoms with Gasteiger partial charge >= 0.3 is 6.01 Å². The minimum atomic E-state index is 0.255. The summed E-state index contributed by atoms with van der Waals surface area (Å²) in [6.07, 6.45) is 5.10. The Bertz CT molecular complexity index is 1420. The molecule has 188 valence electrons. The van der Waals surface area contributed by atoms with Gasteiger partial charge in [0, 0.05) is 37.8 Å². The van der Waals surface area contributed by atoms with Crippen LogP contribution >= 0.6 is 11.6 Å². The molecule has 0 saturated carbocycles. The van der Waals surface area contributed by atoms with Crippen molar-refractivity contribution in [2.24, 2.45) is 4.99 Å². The quantitative estimate of drug-likeness (QED) is 0.484. The van der Waals surface area contributed by atoms with Gasteiger partial charge in [-0.1, -0.05) is 59.6 Å². The second-order valence-electron chi connectivity index (χ2n) is 9.77. The molecule has 0 spiro atoms. The number of piperazine rings is 1. The molecule has 1 N–H and O–H groups in total. The summed E-state index contributed by atoms with van der Waals surface area (Å²) in [5, 5.41) is 3.97. The van der Waals surface area contributed by atoms with Crippen molar-refractivity contribution >= 4 is 40.7 Å². The molecule has 3 heterocycles. The highest BCUT2D eigenvalue weighted by molar-refractivity contribution is 6.33. The summed E-state index contributed by atoms with van der Waals surface area (Å²) in [7, 11) is 2.14. The molecule has 2 aromatic carbocycles. The van der Waals surface area contributed by atoms with Crippen LogP contribution in [0.5, 0.6) is 11.8 Å². The number of nitrogens with zero attached hydrogens (tertiary/aromatic N) is 5. The van der Waals surface area contributed by atoms with Crippen LogP contribution in [0.4, 0.5) is 11.6 Å². The minimum Gasteiger partial charge on any atom is -0.423 e. The number of amidine groups is 1. The molecule has 37 heavy (non-hydrogen) atoms. The number of aromatic nitrogens is 2. The van der Waals surface area contributed by atoms with Gasteiger partial charge in [0.1, 0.15) is 23.2 Å². The molecule has 1 fully saturated rings. The molecule has 1 aliphatic carbocycles. The Morgan fingerprint density at radius 1 is 0.973 bits per heavy atom. The Balaban J connectivity index is 1.29. The van der Waals surface area contributed by atoms with E-state index in [0.717, 1.165) is 49.8 Å². The van der Waals surface area contributed by atoms with Gasteiger partial charge in [-0.05, 0) is 49.2 Å². The summed E-state index contributed by atoms with van der Waals surface area (Å²) in [5.74, 6) is 2.78. The zero-order valence-corrected chi connectivity index (χ0v) is 21.8. The number of benzene rings is 2. The van der Waals surface area contributed by atoms with E-state index < -0.39 is 0 Å². The predicted molar refractivity (Wildman–Crippen MR) is 151 cm³/mol. The lowest BCUT2D eigenvalue weighted by Gasteiger charge is -2.33. The molecule has 0 atom stereocenters. The number of likely N-dealkylation sites (N-methyl/N-ethyl adjacent to an activating group) is 1.